The van der Waals surface area contributed by atoms with Gasteiger partial charge in [-0.25, -0.2) is 4.98 Å². The minimum atomic E-state index is 0.0194. The second kappa shape index (κ2) is 8.05. The van der Waals surface area contributed by atoms with Crippen molar-refractivity contribution in [1.82, 2.24) is 10.3 Å². The highest BCUT2D eigenvalue weighted by molar-refractivity contribution is 8.01. The van der Waals surface area contributed by atoms with Gasteiger partial charge in [-0.15, -0.1) is 23.1 Å². The summed E-state index contributed by atoms with van der Waals surface area (Å²) in [6.45, 7) is 0.701. The predicted octanol–water partition coefficient (Wildman–Crippen LogP) is 5.45. The van der Waals surface area contributed by atoms with Crippen LogP contribution in [0, 0.1) is 0 Å². The molecule has 27 heavy (non-hydrogen) atoms. The highest BCUT2D eigenvalue weighted by Crippen LogP contribution is 2.51. The van der Waals surface area contributed by atoms with Gasteiger partial charge in [0.1, 0.15) is 5.01 Å². The standard InChI is InChI=1S/C21H19ClN2OS2/c22-18-9-5-4-8-17(18)20-24-15(13-26-20)12-19(25)23-14-21(10-11-21)27-16-6-2-1-3-7-16/h1-9,13H,10-12,14H2,(H,23,25). The average molecular weight is 415 g/mol. The number of halogens is 1. The molecule has 0 radical (unpaired) electrons. The topological polar surface area (TPSA) is 42.0 Å². The number of benzene rings is 2. The number of amides is 1. The van der Waals surface area contributed by atoms with Gasteiger partial charge in [0.15, 0.2) is 0 Å². The number of nitrogens with zero attached hydrogens (tertiary/aromatic N) is 1. The Kier molecular flexibility index (Phi) is 5.53. The fraction of sp³-hybridized carbons (Fsp3) is 0.238. The molecular formula is C21H19ClN2OS2. The number of hydrogen-bond donors (Lipinski definition) is 1. The molecule has 1 aliphatic carbocycles. The van der Waals surface area contributed by atoms with Crippen molar-refractivity contribution >= 4 is 40.6 Å². The molecular weight excluding hydrogens is 396 g/mol. The lowest BCUT2D eigenvalue weighted by Gasteiger charge is -2.15. The van der Waals surface area contributed by atoms with Crippen LogP contribution in [-0.4, -0.2) is 22.2 Å². The van der Waals surface area contributed by atoms with Gasteiger partial charge in [-0.2, -0.15) is 0 Å². The van der Waals surface area contributed by atoms with E-state index in [4.69, 9.17) is 11.6 Å². The Bertz CT molecular complexity index is 938. The number of hydrogen-bond acceptors (Lipinski definition) is 4. The number of aromatic nitrogens is 1. The van der Waals surface area contributed by atoms with E-state index in [0.29, 0.717) is 18.0 Å². The number of nitrogens with one attached hydrogen (secondary N) is 1. The summed E-state index contributed by atoms with van der Waals surface area (Å²) >= 11 is 9.61. The highest BCUT2D eigenvalue weighted by Gasteiger charge is 2.43. The van der Waals surface area contributed by atoms with Gasteiger partial charge in [0, 0.05) is 27.1 Å². The van der Waals surface area contributed by atoms with Crippen LogP contribution in [0.3, 0.4) is 0 Å². The van der Waals surface area contributed by atoms with Crippen molar-refractivity contribution in [2.45, 2.75) is 28.9 Å². The third-order valence-electron chi connectivity index (χ3n) is 4.49. The number of thiazole rings is 1. The van der Waals surface area contributed by atoms with Crippen molar-refractivity contribution in [1.29, 1.82) is 0 Å². The second-order valence-corrected chi connectivity index (χ2v) is 9.48. The molecule has 138 valence electrons. The van der Waals surface area contributed by atoms with Crippen LogP contribution in [-0.2, 0) is 11.2 Å². The highest BCUT2D eigenvalue weighted by atomic mass is 35.5. The van der Waals surface area contributed by atoms with Crippen LogP contribution in [0.15, 0.2) is 64.9 Å². The van der Waals surface area contributed by atoms with Crippen LogP contribution in [0.2, 0.25) is 5.02 Å². The molecule has 3 nitrogen and oxygen atoms in total. The molecule has 3 aromatic rings. The van der Waals surface area contributed by atoms with E-state index >= 15 is 0 Å². The third kappa shape index (κ3) is 4.72. The van der Waals surface area contributed by atoms with Crippen LogP contribution >= 0.6 is 34.7 Å². The maximum absolute atomic E-state index is 12.4. The molecule has 1 amide bonds. The summed E-state index contributed by atoms with van der Waals surface area (Å²) in [5, 5.41) is 6.55. The first-order valence-electron chi connectivity index (χ1n) is 8.84. The number of carbonyl (C=O) groups is 1. The zero-order valence-corrected chi connectivity index (χ0v) is 17.0. The Labute approximate surface area is 172 Å². The Morgan fingerprint density at radius 1 is 1.15 bits per heavy atom. The minimum absolute atomic E-state index is 0.0194. The minimum Gasteiger partial charge on any atom is -0.354 e. The zero-order valence-electron chi connectivity index (χ0n) is 14.7. The first-order valence-corrected chi connectivity index (χ1v) is 10.9. The average Bonchev–Trinajstić information content (AvgIpc) is 3.29. The third-order valence-corrected chi connectivity index (χ3v) is 7.24. The predicted molar refractivity (Wildman–Crippen MR) is 114 cm³/mol. The van der Waals surface area contributed by atoms with Gasteiger partial charge in [-0.1, -0.05) is 48.0 Å². The quantitative estimate of drug-likeness (QED) is 0.559. The van der Waals surface area contributed by atoms with Crippen molar-refractivity contribution in [2.75, 3.05) is 6.54 Å². The van der Waals surface area contributed by atoms with Crippen molar-refractivity contribution < 1.29 is 4.79 Å². The van der Waals surface area contributed by atoms with E-state index in [-0.39, 0.29) is 10.7 Å². The molecule has 1 aromatic heterocycles. The molecule has 6 heteroatoms. The summed E-state index contributed by atoms with van der Waals surface area (Å²) in [7, 11) is 0. The van der Waals surface area contributed by atoms with E-state index < -0.39 is 0 Å². The van der Waals surface area contributed by atoms with Crippen molar-refractivity contribution in [3.63, 3.8) is 0 Å². The normalized spacial score (nSPS) is 14.7. The maximum Gasteiger partial charge on any atom is 0.226 e. The van der Waals surface area contributed by atoms with Crippen LogP contribution in [0.1, 0.15) is 18.5 Å². The first-order chi connectivity index (χ1) is 13.1. The fourth-order valence-electron chi connectivity index (χ4n) is 2.83. The fourth-order valence-corrected chi connectivity index (χ4v) is 5.21. The lowest BCUT2D eigenvalue weighted by Crippen LogP contribution is -2.32. The van der Waals surface area contributed by atoms with E-state index in [9.17, 15) is 4.79 Å². The number of thioether (sulfide) groups is 1. The van der Waals surface area contributed by atoms with E-state index in [1.807, 2.05) is 47.5 Å². The summed E-state index contributed by atoms with van der Waals surface area (Å²) in [4.78, 5) is 18.2. The SMILES string of the molecule is O=C(Cc1csc(-c2ccccc2Cl)n1)NCC1(Sc2ccccc2)CC1. The number of rotatable bonds is 7. The molecule has 0 saturated heterocycles. The van der Waals surface area contributed by atoms with Gasteiger partial charge >= 0.3 is 0 Å². The first kappa shape index (κ1) is 18.5. The molecule has 1 heterocycles. The monoisotopic (exact) mass is 414 g/mol. The van der Waals surface area contributed by atoms with Crippen LogP contribution in [0.5, 0.6) is 0 Å². The molecule has 1 aliphatic rings. The van der Waals surface area contributed by atoms with Gasteiger partial charge in [0.05, 0.1) is 17.1 Å². The molecule has 1 fully saturated rings. The largest absolute Gasteiger partial charge is 0.354 e. The molecule has 0 aliphatic heterocycles. The molecule has 1 N–H and O–H groups in total. The molecule has 0 unspecified atom stereocenters. The summed E-state index contributed by atoms with van der Waals surface area (Å²) in [6, 6.07) is 18.0. The molecule has 0 spiro atoms. The van der Waals surface area contributed by atoms with Crippen molar-refractivity contribution in [2.24, 2.45) is 0 Å². The molecule has 0 bridgehead atoms. The summed E-state index contributed by atoms with van der Waals surface area (Å²) < 4.78 is 0.155. The Morgan fingerprint density at radius 3 is 2.63 bits per heavy atom. The summed E-state index contributed by atoms with van der Waals surface area (Å²) in [5.74, 6) is 0.0194. The van der Waals surface area contributed by atoms with Gasteiger partial charge in [0.25, 0.3) is 0 Å². The smallest absolute Gasteiger partial charge is 0.226 e. The van der Waals surface area contributed by atoms with Gasteiger partial charge in [0.2, 0.25) is 5.91 Å². The lowest BCUT2D eigenvalue weighted by atomic mass is 10.2. The Balaban J connectivity index is 1.32. The van der Waals surface area contributed by atoms with Crippen molar-refractivity contribution in [3.8, 4) is 10.6 Å². The lowest BCUT2D eigenvalue weighted by molar-refractivity contribution is -0.120. The van der Waals surface area contributed by atoms with Gasteiger partial charge in [-0.3, -0.25) is 4.79 Å². The maximum atomic E-state index is 12.4. The molecule has 1 saturated carbocycles. The second-order valence-electron chi connectivity index (χ2n) is 6.68. The Hall–Kier alpha value is -1.82. The van der Waals surface area contributed by atoms with E-state index in [2.05, 4.69) is 34.6 Å². The van der Waals surface area contributed by atoms with Crippen LogP contribution in [0.25, 0.3) is 10.6 Å². The zero-order chi connectivity index (χ0) is 18.7. The van der Waals surface area contributed by atoms with E-state index in [1.165, 1.54) is 16.2 Å². The summed E-state index contributed by atoms with van der Waals surface area (Å²) in [5.41, 5.74) is 1.69. The Morgan fingerprint density at radius 2 is 1.89 bits per heavy atom. The van der Waals surface area contributed by atoms with Crippen molar-refractivity contribution in [3.05, 3.63) is 70.7 Å². The molecule has 2 aromatic carbocycles. The van der Waals surface area contributed by atoms with Crippen LogP contribution in [0.4, 0.5) is 0 Å². The molecule has 0 atom stereocenters. The van der Waals surface area contributed by atoms with E-state index in [0.717, 1.165) is 29.1 Å². The van der Waals surface area contributed by atoms with Crippen LogP contribution < -0.4 is 5.32 Å². The number of carbonyl (C=O) groups excluding carboxylic acids is 1. The summed E-state index contributed by atoms with van der Waals surface area (Å²) in [6.07, 6.45) is 2.58. The molecule has 4 rings (SSSR count). The van der Waals surface area contributed by atoms with Gasteiger partial charge in [-0.05, 0) is 31.0 Å². The van der Waals surface area contributed by atoms with Gasteiger partial charge < -0.3 is 5.32 Å². The van der Waals surface area contributed by atoms with E-state index in [1.54, 1.807) is 0 Å².